The second-order valence-corrected chi connectivity index (χ2v) is 3.75. The van der Waals surface area contributed by atoms with Crippen LogP contribution in [0.3, 0.4) is 0 Å². The summed E-state index contributed by atoms with van der Waals surface area (Å²) in [6.07, 6.45) is 1.99. The minimum Gasteiger partial charge on any atom is -0.362 e. The molecular weight excluding hydrogens is 236 g/mol. The molecule has 0 spiro atoms. The Kier molecular flexibility index (Phi) is 4.04. The highest BCUT2D eigenvalue weighted by molar-refractivity contribution is 7.80. The number of aromatic nitrogens is 2. The van der Waals surface area contributed by atoms with Crippen LogP contribution in [0, 0.1) is 0 Å². The van der Waals surface area contributed by atoms with E-state index in [1.807, 2.05) is 30.3 Å². The smallest absolute Gasteiger partial charge is 0.213 e. The van der Waals surface area contributed by atoms with E-state index in [0.717, 1.165) is 5.69 Å². The molecule has 0 unspecified atom stereocenters. The molecule has 2 rings (SSSR count). The van der Waals surface area contributed by atoms with Crippen molar-refractivity contribution < 1.29 is 4.52 Å². The van der Waals surface area contributed by atoms with Crippen molar-refractivity contribution in [2.45, 2.75) is 6.42 Å². The van der Waals surface area contributed by atoms with Gasteiger partial charge in [-0.25, -0.2) is 0 Å². The molecular formula is C11H12N4OS. The Morgan fingerprint density at radius 1 is 1.29 bits per heavy atom. The highest BCUT2D eigenvalue weighted by atomic mass is 32.1. The van der Waals surface area contributed by atoms with Crippen LogP contribution in [0.4, 0.5) is 5.69 Å². The van der Waals surface area contributed by atoms with Crippen LogP contribution in [0.5, 0.6) is 0 Å². The highest BCUT2D eigenvalue weighted by Gasteiger charge is 1.99. The van der Waals surface area contributed by atoms with E-state index in [0.29, 0.717) is 23.9 Å². The van der Waals surface area contributed by atoms with Crippen LogP contribution >= 0.6 is 12.2 Å². The average molecular weight is 248 g/mol. The Morgan fingerprint density at radius 2 is 2.12 bits per heavy atom. The van der Waals surface area contributed by atoms with Gasteiger partial charge in [0, 0.05) is 18.7 Å². The molecule has 1 aromatic carbocycles. The molecule has 0 saturated heterocycles. The molecule has 0 aliphatic heterocycles. The van der Waals surface area contributed by atoms with Gasteiger partial charge in [0.05, 0.1) is 0 Å². The van der Waals surface area contributed by atoms with Crippen molar-refractivity contribution in [2.24, 2.45) is 0 Å². The average Bonchev–Trinajstić information content (AvgIpc) is 2.83. The summed E-state index contributed by atoms with van der Waals surface area (Å²) in [7, 11) is 0. The van der Waals surface area contributed by atoms with E-state index < -0.39 is 0 Å². The van der Waals surface area contributed by atoms with Crippen molar-refractivity contribution in [2.75, 3.05) is 11.9 Å². The van der Waals surface area contributed by atoms with Gasteiger partial charge in [-0.1, -0.05) is 23.4 Å². The van der Waals surface area contributed by atoms with Gasteiger partial charge < -0.3 is 15.2 Å². The van der Waals surface area contributed by atoms with Crippen molar-refractivity contribution in [1.82, 2.24) is 15.5 Å². The molecule has 0 atom stereocenters. The first-order valence-electron chi connectivity index (χ1n) is 5.20. The monoisotopic (exact) mass is 248 g/mol. The SMILES string of the molecule is S=C(NCCc1ncon1)Nc1ccccc1. The number of hydrogen-bond acceptors (Lipinski definition) is 4. The second kappa shape index (κ2) is 5.95. The molecule has 0 amide bonds. The van der Waals surface area contributed by atoms with Crippen molar-refractivity contribution in [1.29, 1.82) is 0 Å². The standard InChI is InChI=1S/C11H12N4OS/c17-11(14-9-4-2-1-3-5-9)12-7-6-10-13-8-16-15-10/h1-5,8H,6-7H2,(H2,12,14,17). The Hall–Kier alpha value is -1.95. The molecule has 0 fully saturated rings. The van der Waals surface area contributed by atoms with Crippen LogP contribution in [0.2, 0.25) is 0 Å². The van der Waals surface area contributed by atoms with Crippen LogP contribution in [0.15, 0.2) is 41.2 Å². The van der Waals surface area contributed by atoms with Gasteiger partial charge in [-0.3, -0.25) is 0 Å². The van der Waals surface area contributed by atoms with Crippen LogP contribution in [0.1, 0.15) is 5.82 Å². The molecule has 2 N–H and O–H groups in total. The predicted molar refractivity (Wildman–Crippen MR) is 68.7 cm³/mol. The molecule has 6 heteroatoms. The molecule has 1 heterocycles. The summed E-state index contributed by atoms with van der Waals surface area (Å²) in [5, 5.41) is 10.4. The first-order chi connectivity index (χ1) is 8.34. The lowest BCUT2D eigenvalue weighted by Gasteiger charge is -2.09. The molecule has 2 aromatic rings. The number of benzene rings is 1. The van der Waals surface area contributed by atoms with Crippen molar-refractivity contribution in [3.63, 3.8) is 0 Å². The first kappa shape index (κ1) is 11.5. The zero-order valence-corrected chi connectivity index (χ0v) is 9.91. The van der Waals surface area contributed by atoms with E-state index in [2.05, 4.69) is 25.3 Å². The van der Waals surface area contributed by atoms with Crippen LogP contribution in [0.25, 0.3) is 0 Å². The van der Waals surface area contributed by atoms with Crippen molar-refractivity contribution >= 4 is 23.0 Å². The third-order valence-corrected chi connectivity index (χ3v) is 2.32. The molecule has 0 saturated carbocycles. The summed E-state index contributed by atoms with van der Waals surface area (Å²) in [4.78, 5) is 3.92. The summed E-state index contributed by atoms with van der Waals surface area (Å²) in [6.45, 7) is 0.665. The Morgan fingerprint density at radius 3 is 2.82 bits per heavy atom. The number of thiocarbonyl (C=S) groups is 1. The lowest BCUT2D eigenvalue weighted by molar-refractivity contribution is 0.410. The predicted octanol–water partition coefficient (Wildman–Crippen LogP) is 1.60. The topological polar surface area (TPSA) is 63.0 Å². The molecule has 17 heavy (non-hydrogen) atoms. The molecule has 0 aliphatic carbocycles. The zero-order chi connectivity index (χ0) is 11.9. The number of nitrogens with one attached hydrogen (secondary N) is 2. The molecule has 0 radical (unpaired) electrons. The van der Waals surface area contributed by atoms with E-state index in [-0.39, 0.29) is 0 Å². The fraction of sp³-hybridized carbons (Fsp3) is 0.182. The van der Waals surface area contributed by atoms with Gasteiger partial charge in [-0.2, -0.15) is 4.98 Å². The molecule has 88 valence electrons. The zero-order valence-electron chi connectivity index (χ0n) is 9.09. The van der Waals surface area contributed by atoms with Crippen LogP contribution in [-0.2, 0) is 6.42 Å². The maximum absolute atomic E-state index is 5.14. The summed E-state index contributed by atoms with van der Waals surface area (Å²) in [5.74, 6) is 0.667. The lowest BCUT2D eigenvalue weighted by Crippen LogP contribution is -2.30. The number of anilines is 1. The molecule has 0 bridgehead atoms. The Balaban J connectivity index is 1.71. The van der Waals surface area contributed by atoms with E-state index in [4.69, 9.17) is 12.2 Å². The van der Waals surface area contributed by atoms with Gasteiger partial charge in [-0.05, 0) is 24.4 Å². The maximum Gasteiger partial charge on any atom is 0.213 e. The number of nitrogens with zero attached hydrogens (tertiary/aromatic N) is 2. The third-order valence-electron chi connectivity index (χ3n) is 2.07. The van der Waals surface area contributed by atoms with E-state index >= 15 is 0 Å². The first-order valence-corrected chi connectivity index (χ1v) is 5.60. The maximum atomic E-state index is 5.14. The minimum absolute atomic E-state index is 0.583. The van der Waals surface area contributed by atoms with Crippen molar-refractivity contribution in [3.05, 3.63) is 42.5 Å². The second-order valence-electron chi connectivity index (χ2n) is 3.34. The van der Waals surface area contributed by atoms with E-state index in [1.54, 1.807) is 0 Å². The largest absolute Gasteiger partial charge is 0.362 e. The van der Waals surface area contributed by atoms with E-state index in [9.17, 15) is 0 Å². The van der Waals surface area contributed by atoms with Gasteiger partial charge in [0.15, 0.2) is 10.9 Å². The molecule has 5 nitrogen and oxygen atoms in total. The van der Waals surface area contributed by atoms with Crippen LogP contribution in [-0.4, -0.2) is 21.8 Å². The summed E-state index contributed by atoms with van der Waals surface area (Å²) < 4.78 is 4.63. The van der Waals surface area contributed by atoms with Crippen molar-refractivity contribution in [3.8, 4) is 0 Å². The molecule has 1 aromatic heterocycles. The van der Waals surface area contributed by atoms with E-state index in [1.165, 1.54) is 6.39 Å². The normalized spacial score (nSPS) is 9.88. The quantitative estimate of drug-likeness (QED) is 0.801. The number of hydrogen-bond donors (Lipinski definition) is 2. The molecule has 0 aliphatic rings. The fourth-order valence-electron chi connectivity index (χ4n) is 1.29. The van der Waals surface area contributed by atoms with Gasteiger partial charge in [-0.15, -0.1) is 0 Å². The summed E-state index contributed by atoms with van der Waals surface area (Å²) in [5.41, 5.74) is 0.963. The minimum atomic E-state index is 0.583. The summed E-state index contributed by atoms with van der Waals surface area (Å²) in [6, 6.07) is 9.76. The summed E-state index contributed by atoms with van der Waals surface area (Å²) >= 11 is 5.14. The fourth-order valence-corrected chi connectivity index (χ4v) is 1.51. The van der Waals surface area contributed by atoms with Crippen LogP contribution < -0.4 is 10.6 Å². The third kappa shape index (κ3) is 3.84. The number of para-hydroxylation sites is 1. The Bertz CT molecular complexity index is 458. The van der Waals surface area contributed by atoms with Gasteiger partial charge in [0.25, 0.3) is 0 Å². The lowest BCUT2D eigenvalue weighted by atomic mass is 10.3. The highest BCUT2D eigenvalue weighted by Crippen LogP contribution is 2.04. The Labute approximate surface area is 104 Å². The van der Waals surface area contributed by atoms with Gasteiger partial charge in [0.2, 0.25) is 6.39 Å². The van der Waals surface area contributed by atoms with Gasteiger partial charge in [0.1, 0.15) is 0 Å². The van der Waals surface area contributed by atoms with Gasteiger partial charge >= 0.3 is 0 Å². The number of rotatable bonds is 4.